The zero-order valence-corrected chi connectivity index (χ0v) is 18.5. The van der Waals surface area contributed by atoms with Gasteiger partial charge in [0.25, 0.3) is 5.91 Å². The molecule has 5 N–H and O–H groups in total. The van der Waals surface area contributed by atoms with Crippen molar-refractivity contribution >= 4 is 34.5 Å². The molecule has 0 spiro atoms. The quantitative estimate of drug-likeness (QED) is 0.433. The molecule has 31 heavy (non-hydrogen) atoms. The van der Waals surface area contributed by atoms with Crippen LogP contribution in [0.2, 0.25) is 0 Å². The van der Waals surface area contributed by atoms with Crippen molar-refractivity contribution in [2.75, 3.05) is 18.5 Å². The van der Waals surface area contributed by atoms with Gasteiger partial charge < -0.3 is 25.8 Å². The first kappa shape index (κ1) is 23.9. The van der Waals surface area contributed by atoms with Crippen molar-refractivity contribution in [3.63, 3.8) is 0 Å². The molecule has 0 aliphatic carbocycles. The van der Waals surface area contributed by atoms with Crippen molar-refractivity contribution in [2.24, 2.45) is 5.73 Å². The number of primary amides is 1. The van der Waals surface area contributed by atoms with Crippen LogP contribution in [-0.4, -0.2) is 41.8 Å². The van der Waals surface area contributed by atoms with Gasteiger partial charge in [-0.1, -0.05) is 18.2 Å². The monoisotopic (exact) mass is 449 g/mol. The summed E-state index contributed by atoms with van der Waals surface area (Å²) in [4.78, 5) is 38.7. The summed E-state index contributed by atoms with van der Waals surface area (Å²) < 4.78 is 10.9. The Morgan fingerprint density at radius 3 is 2.58 bits per heavy atom. The predicted molar refractivity (Wildman–Crippen MR) is 117 cm³/mol. The van der Waals surface area contributed by atoms with Crippen LogP contribution in [-0.2, 0) is 11.3 Å². The number of hydrogen-bond acceptors (Lipinski definition) is 7. The van der Waals surface area contributed by atoms with Gasteiger partial charge in [-0.25, -0.2) is 14.6 Å². The molecule has 4 amide bonds. The number of nitrogens with one attached hydrogen (secondary N) is 3. The van der Waals surface area contributed by atoms with Crippen LogP contribution < -0.4 is 26.4 Å². The number of carbonyl (C=O) groups excluding carboxylic acids is 3. The number of thiazole rings is 1. The first-order chi connectivity index (χ1) is 14.6. The van der Waals surface area contributed by atoms with E-state index in [0.29, 0.717) is 25.3 Å². The van der Waals surface area contributed by atoms with Crippen molar-refractivity contribution in [2.45, 2.75) is 39.3 Å². The number of hydrogen-bond donors (Lipinski definition) is 4. The molecule has 0 atom stereocenters. The summed E-state index contributed by atoms with van der Waals surface area (Å²) in [5.74, 6) is -0.0255. The summed E-state index contributed by atoms with van der Waals surface area (Å²) in [6, 6.07) is 6.84. The first-order valence-electron chi connectivity index (χ1n) is 9.62. The second-order valence-electron chi connectivity index (χ2n) is 7.45. The standard InChI is InChI=1S/C20H27N5O5S/c1-20(2,3)30-19(28)22-9-6-10-29-15-8-5-4-7-13(15)11-23-17(27)25-18-24-14(12-31-18)16(21)26/h4-5,7-8,12H,6,9-11H2,1-3H3,(H2,21,26)(H,22,28)(H2,23,24,25,27). The van der Waals surface area contributed by atoms with Crippen molar-refractivity contribution in [3.8, 4) is 5.75 Å². The van der Waals surface area contributed by atoms with E-state index >= 15 is 0 Å². The molecule has 10 nitrogen and oxygen atoms in total. The molecule has 0 aliphatic heterocycles. The zero-order chi connectivity index (χ0) is 22.9. The number of para-hydroxylation sites is 1. The molecular formula is C20H27N5O5S. The number of nitrogens with two attached hydrogens (primary N) is 1. The van der Waals surface area contributed by atoms with Gasteiger partial charge in [0.05, 0.1) is 6.61 Å². The van der Waals surface area contributed by atoms with Gasteiger partial charge in [0.1, 0.15) is 17.0 Å². The van der Waals surface area contributed by atoms with Crippen LogP contribution in [0.5, 0.6) is 5.75 Å². The fraction of sp³-hybridized carbons (Fsp3) is 0.400. The number of ether oxygens (including phenoxy) is 2. The topological polar surface area (TPSA) is 145 Å². The van der Waals surface area contributed by atoms with E-state index in [1.165, 1.54) is 5.38 Å². The molecule has 0 saturated carbocycles. The molecule has 168 valence electrons. The van der Waals surface area contributed by atoms with Crippen molar-refractivity contribution in [3.05, 3.63) is 40.9 Å². The molecule has 2 aromatic rings. The summed E-state index contributed by atoms with van der Waals surface area (Å²) in [6.07, 6.45) is 0.125. The van der Waals surface area contributed by atoms with Crippen molar-refractivity contribution < 1.29 is 23.9 Å². The highest BCUT2D eigenvalue weighted by Gasteiger charge is 2.15. The molecule has 0 radical (unpaired) electrons. The van der Waals surface area contributed by atoms with E-state index in [1.807, 2.05) is 18.2 Å². The molecular weight excluding hydrogens is 422 g/mol. The average Bonchev–Trinajstić information content (AvgIpc) is 3.14. The van der Waals surface area contributed by atoms with Gasteiger partial charge in [-0.05, 0) is 33.3 Å². The molecule has 0 aliphatic rings. The number of urea groups is 1. The Kier molecular flexibility index (Phi) is 8.62. The average molecular weight is 450 g/mol. The van der Waals surface area contributed by atoms with Crippen LogP contribution >= 0.6 is 11.3 Å². The lowest BCUT2D eigenvalue weighted by atomic mass is 10.2. The predicted octanol–water partition coefficient (Wildman–Crippen LogP) is 2.86. The van der Waals surface area contributed by atoms with Gasteiger partial charge in [-0.3, -0.25) is 10.1 Å². The molecule has 2 rings (SSSR count). The van der Waals surface area contributed by atoms with E-state index in [2.05, 4.69) is 20.9 Å². The number of rotatable bonds is 9. The number of anilines is 1. The third-order valence-electron chi connectivity index (χ3n) is 3.64. The van der Waals surface area contributed by atoms with Crippen LogP contribution in [0.1, 0.15) is 43.2 Å². The minimum atomic E-state index is -0.655. The summed E-state index contributed by atoms with van der Waals surface area (Å²) in [5.41, 5.74) is 5.49. The van der Waals surface area contributed by atoms with Gasteiger partial charge in [0.15, 0.2) is 5.13 Å². The fourth-order valence-corrected chi connectivity index (χ4v) is 3.01. The third kappa shape index (κ3) is 8.91. The number of aromatic nitrogens is 1. The smallest absolute Gasteiger partial charge is 0.407 e. The Balaban J connectivity index is 1.75. The lowest BCUT2D eigenvalue weighted by molar-refractivity contribution is 0.0525. The molecule has 11 heteroatoms. The number of benzene rings is 1. The van der Waals surface area contributed by atoms with E-state index in [9.17, 15) is 14.4 Å². The zero-order valence-electron chi connectivity index (χ0n) is 17.7. The van der Waals surface area contributed by atoms with Gasteiger partial charge in [0, 0.05) is 24.0 Å². The van der Waals surface area contributed by atoms with Gasteiger partial charge in [0.2, 0.25) is 0 Å². The lowest BCUT2D eigenvalue weighted by Crippen LogP contribution is -2.33. The van der Waals surface area contributed by atoms with Gasteiger partial charge in [-0.2, -0.15) is 0 Å². The minimum Gasteiger partial charge on any atom is -0.493 e. The summed E-state index contributed by atoms with van der Waals surface area (Å²) in [5, 5.41) is 9.68. The highest BCUT2D eigenvalue weighted by atomic mass is 32.1. The van der Waals surface area contributed by atoms with Crippen LogP contribution in [0.15, 0.2) is 29.6 Å². The molecule has 1 aromatic carbocycles. The summed E-state index contributed by atoms with van der Waals surface area (Å²) in [7, 11) is 0. The second kappa shape index (κ2) is 11.2. The fourth-order valence-electron chi connectivity index (χ4n) is 2.31. The maximum atomic E-state index is 12.1. The third-order valence-corrected chi connectivity index (χ3v) is 4.39. The van der Waals surface area contributed by atoms with Crippen LogP contribution in [0.3, 0.4) is 0 Å². The Morgan fingerprint density at radius 2 is 1.90 bits per heavy atom. The normalized spacial score (nSPS) is 10.8. The lowest BCUT2D eigenvalue weighted by Gasteiger charge is -2.19. The largest absolute Gasteiger partial charge is 0.493 e. The van der Waals surface area contributed by atoms with Crippen molar-refractivity contribution in [1.82, 2.24) is 15.6 Å². The molecule has 1 aromatic heterocycles. The molecule has 0 fully saturated rings. The Bertz CT molecular complexity index is 909. The van der Waals surface area contributed by atoms with E-state index < -0.39 is 23.6 Å². The summed E-state index contributed by atoms with van der Waals surface area (Å²) >= 11 is 1.10. The van der Waals surface area contributed by atoms with Gasteiger partial charge in [-0.15, -0.1) is 11.3 Å². The highest BCUT2D eigenvalue weighted by molar-refractivity contribution is 7.14. The summed E-state index contributed by atoms with van der Waals surface area (Å²) in [6.45, 7) is 6.43. The van der Waals surface area contributed by atoms with Crippen LogP contribution in [0.25, 0.3) is 0 Å². The number of amides is 4. The number of nitrogens with zero attached hydrogens (tertiary/aromatic N) is 1. The number of carbonyl (C=O) groups is 3. The molecule has 0 unspecified atom stereocenters. The van der Waals surface area contributed by atoms with Crippen LogP contribution in [0.4, 0.5) is 14.7 Å². The van der Waals surface area contributed by atoms with E-state index in [-0.39, 0.29) is 17.4 Å². The maximum Gasteiger partial charge on any atom is 0.407 e. The molecule has 1 heterocycles. The van der Waals surface area contributed by atoms with Crippen molar-refractivity contribution in [1.29, 1.82) is 0 Å². The Morgan fingerprint density at radius 1 is 1.16 bits per heavy atom. The Hall–Kier alpha value is -3.34. The van der Waals surface area contributed by atoms with Gasteiger partial charge >= 0.3 is 12.1 Å². The van der Waals surface area contributed by atoms with E-state index in [1.54, 1.807) is 26.8 Å². The van der Waals surface area contributed by atoms with E-state index in [0.717, 1.165) is 16.9 Å². The Labute approximate surface area is 184 Å². The van der Waals surface area contributed by atoms with E-state index in [4.69, 9.17) is 15.2 Å². The maximum absolute atomic E-state index is 12.1. The van der Waals surface area contributed by atoms with Crippen LogP contribution in [0, 0.1) is 0 Å². The number of alkyl carbamates (subject to hydrolysis) is 1. The molecule has 0 bridgehead atoms. The second-order valence-corrected chi connectivity index (χ2v) is 8.31. The SMILES string of the molecule is CC(C)(C)OC(=O)NCCCOc1ccccc1CNC(=O)Nc1nc(C(N)=O)cs1. The first-order valence-corrected chi connectivity index (χ1v) is 10.5. The minimum absolute atomic E-state index is 0.0974. The highest BCUT2D eigenvalue weighted by Crippen LogP contribution is 2.18. The molecule has 0 saturated heterocycles.